The Morgan fingerprint density at radius 2 is 1.94 bits per heavy atom. The summed E-state index contributed by atoms with van der Waals surface area (Å²) in [7, 11) is 0. The first kappa shape index (κ1) is 12.0. The maximum atomic E-state index is 9.62. The van der Waals surface area contributed by atoms with E-state index in [0.29, 0.717) is 24.0 Å². The lowest BCUT2D eigenvalue weighted by Crippen LogP contribution is -2.48. The number of epoxide rings is 1. The van der Waals surface area contributed by atoms with Gasteiger partial charge >= 0.3 is 0 Å². The van der Waals surface area contributed by atoms with Crippen LogP contribution < -0.4 is 0 Å². The molecule has 1 heterocycles. The molecule has 2 aliphatic carbocycles. The van der Waals surface area contributed by atoms with Crippen molar-refractivity contribution in [1.29, 1.82) is 0 Å². The Labute approximate surface area is 105 Å². The second-order valence-corrected chi connectivity index (χ2v) is 7.44. The fourth-order valence-corrected chi connectivity index (χ4v) is 4.54. The zero-order chi connectivity index (χ0) is 12.3. The van der Waals surface area contributed by atoms with Crippen LogP contribution in [-0.4, -0.2) is 23.4 Å². The molecule has 0 aromatic carbocycles. The van der Waals surface area contributed by atoms with E-state index in [0.717, 1.165) is 24.7 Å². The van der Waals surface area contributed by atoms with Gasteiger partial charge in [0.2, 0.25) is 0 Å². The van der Waals surface area contributed by atoms with Gasteiger partial charge in [-0.15, -0.1) is 0 Å². The molecule has 1 saturated heterocycles. The van der Waals surface area contributed by atoms with Crippen molar-refractivity contribution in [3.8, 4) is 0 Å². The van der Waals surface area contributed by atoms with Gasteiger partial charge in [-0.05, 0) is 62.2 Å². The number of aliphatic hydroxyl groups is 1. The molecule has 0 amide bonds. The second kappa shape index (κ2) is 3.71. The van der Waals surface area contributed by atoms with E-state index >= 15 is 0 Å². The fraction of sp³-hybridized carbons (Fsp3) is 1.00. The monoisotopic (exact) mass is 238 g/mol. The van der Waals surface area contributed by atoms with Crippen LogP contribution in [0.15, 0.2) is 0 Å². The van der Waals surface area contributed by atoms with Crippen molar-refractivity contribution in [2.24, 2.45) is 23.2 Å². The molecule has 3 rings (SSSR count). The molecule has 0 bridgehead atoms. The van der Waals surface area contributed by atoms with Crippen LogP contribution in [0, 0.1) is 23.2 Å². The molecule has 5 atom stereocenters. The van der Waals surface area contributed by atoms with Gasteiger partial charge in [0, 0.05) is 6.61 Å². The van der Waals surface area contributed by atoms with Gasteiger partial charge < -0.3 is 9.84 Å². The van der Waals surface area contributed by atoms with Crippen LogP contribution in [0.5, 0.6) is 0 Å². The molecule has 2 nitrogen and oxygen atoms in total. The molecule has 1 N–H and O–H groups in total. The lowest BCUT2D eigenvalue weighted by molar-refractivity contribution is -0.0692. The van der Waals surface area contributed by atoms with Crippen LogP contribution >= 0.6 is 0 Å². The van der Waals surface area contributed by atoms with Crippen LogP contribution in [0.25, 0.3) is 0 Å². The average molecular weight is 238 g/mol. The van der Waals surface area contributed by atoms with E-state index in [4.69, 9.17) is 4.74 Å². The SMILES string of the molecule is CC1(C)CC2C1CC[C@]1(C)O[C@@H]1CC[C@H]2CO. The summed E-state index contributed by atoms with van der Waals surface area (Å²) in [5.74, 6) is 2.11. The summed E-state index contributed by atoms with van der Waals surface area (Å²) in [5.41, 5.74) is 0.670. The third kappa shape index (κ3) is 1.84. The van der Waals surface area contributed by atoms with Crippen LogP contribution in [-0.2, 0) is 4.74 Å². The van der Waals surface area contributed by atoms with E-state index in [2.05, 4.69) is 20.8 Å². The maximum Gasteiger partial charge on any atom is 0.0920 e. The second-order valence-electron chi connectivity index (χ2n) is 7.44. The van der Waals surface area contributed by atoms with Crippen LogP contribution in [0.1, 0.15) is 52.9 Å². The Hall–Kier alpha value is -0.0800. The predicted molar refractivity (Wildman–Crippen MR) is 67.7 cm³/mol. The molecule has 3 fully saturated rings. The number of ether oxygens (including phenoxy) is 1. The Morgan fingerprint density at radius 3 is 2.59 bits per heavy atom. The number of hydrogen-bond acceptors (Lipinski definition) is 2. The standard InChI is InChI=1S/C15H26O2/c1-14(2)8-11-10(9-16)4-5-13-15(3,17-13)7-6-12(11)14/h10-13,16H,4-9H2,1-3H3/t10-,11?,12?,13+,15-/m0/s1. The lowest BCUT2D eigenvalue weighted by Gasteiger charge is -2.55. The predicted octanol–water partition coefficient (Wildman–Crippen LogP) is 2.99. The zero-order valence-electron chi connectivity index (χ0n) is 11.4. The first-order valence-corrected chi connectivity index (χ1v) is 7.25. The van der Waals surface area contributed by atoms with Gasteiger partial charge in [0.15, 0.2) is 0 Å². The summed E-state index contributed by atoms with van der Waals surface area (Å²) in [4.78, 5) is 0. The van der Waals surface area contributed by atoms with Gasteiger partial charge in [-0.3, -0.25) is 0 Å². The Bertz CT molecular complexity index is 312. The number of fused-ring (bicyclic) bond motifs is 2. The Balaban J connectivity index is 1.76. The normalized spacial score (nSPS) is 52.2. The van der Waals surface area contributed by atoms with Gasteiger partial charge in [0.1, 0.15) is 0 Å². The van der Waals surface area contributed by atoms with Crippen molar-refractivity contribution in [3.05, 3.63) is 0 Å². The van der Waals surface area contributed by atoms with Crippen LogP contribution in [0.4, 0.5) is 0 Å². The van der Waals surface area contributed by atoms with Gasteiger partial charge in [0.05, 0.1) is 11.7 Å². The van der Waals surface area contributed by atoms with Gasteiger partial charge in [-0.2, -0.15) is 0 Å². The summed E-state index contributed by atoms with van der Waals surface area (Å²) in [6.07, 6.45) is 6.63. The van der Waals surface area contributed by atoms with E-state index in [1.807, 2.05) is 0 Å². The first-order valence-electron chi connectivity index (χ1n) is 7.25. The van der Waals surface area contributed by atoms with E-state index in [-0.39, 0.29) is 5.60 Å². The topological polar surface area (TPSA) is 32.8 Å². The molecule has 0 spiro atoms. The van der Waals surface area contributed by atoms with Crippen LogP contribution in [0.2, 0.25) is 0 Å². The van der Waals surface area contributed by atoms with Crippen molar-refractivity contribution in [1.82, 2.24) is 0 Å². The summed E-state index contributed by atoms with van der Waals surface area (Å²) in [6.45, 7) is 7.44. The fourth-order valence-electron chi connectivity index (χ4n) is 4.54. The molecule has 2 heteroatoms. The van der Waals surface area contributed by atoms with Crippen molar-refractivity contribution in [3.63, 3.8) is 0 Å². The van der Waals surface area contributed by atoms with E-state index in [1.165, 1.54) is 19.3 Å². The van der Waals surface area contributed by atoms with Crippen molar-refractivity contribution >= 4 is 0 Å². The third-order valence-corrected chi connectivity index (χ3v) is 5.91. The molecule has 2 saturated carbocycles. The van der Waals surface area contributed by atoms with E-state index < -0.39 is 0 Å². The quantitative estimate of drug-likeness (QED) is 0.712. The summed E-state index contributed by atoms with van der Waals surface area (Å²) < 4.78 is 5.87. The minimum absolute atomic E-state index is 0.181. The molecule has 98 valence electrons. The van der Waals surface area contributed by atoms with Crippen molar-refractivity contribution in [2.75, 3.05) is 6.61 Å². The molecular weight excluding hydrogens is 212 g/mol. The average Bonchev–Trinajstić information content (AvgIpc) is 2.87. The minimum atomic E-state index is 0.181. The van der Waals surface area contributed by atoms with E-state index in [9.17, 15) is 5.11 Å². The minimum Gasteiger partial charge on any atom is -0.396 e. The molecule has 0 aromatic heterocycles. The summed E-state index contributed by atoms with van der Waals surface area (Å²) >= 11 is 0. The largest absolute Gasteiger partial charge is 0.396 e. The molecule has 17 heavy (non-hydrogen) atoms. The Kier molecular flexibility index (Phi) is 2.61. The van der Waals surface area contributed by atoms with Crippen molar-refractivity contribution < 1.29 is 9.84 Å². The van der Waals surface area contributed by atoms with Crippen molar-refractivity contribution in [2.45, 2.75) is 64.6 Å². The van der Waals surface area contributed by atoms with E-state index in [1.54, 1.807) is 0 Å². The summed E-state index contributed by atoms with van der Waals surface area (Å²) in [6, 6.07) is 0. The lowest BCUT2D eigenvalue weighted by atomic mass is 9.51. The van der Waals surface area contributed by atoms with Gasteiger partial charge in [0.25, 0.3) is 0 Å². The number of hydrogen-bond donors (Lipinski definition) is 1. The zero-order valence-corrected chi connectivity index (χ0v) is 11.4. The molecule has 1 aliphatic heterocycles. The first-order chi connectivity index (χ1) is 7.96. The maximum absolute atomic E-state index is 9.62. The molecule has 3 aliphatic rings. The third-order valence-electron chi connectivity index (χ3n) is 5.91. The van der Waals surface area contributed by atoms with Gasteiger partial charge in [-0.1, -0.05) is 13.8 Å². The smallest absolute Gasteiger partial charge is 0.0920 e. The number of aliphatic hydroxyl groups excluding tert-OH is 1. The summed E-state index contributed by atoms with van der Waals surface area (Å²) in [5, 5.41) is 9.62. The molecular formula is C15H26O2. The highest BCUT2D eigenvalue weighted by molar-refractivity contribution is 5.05. The highest BCUT2D eigenvalue weighted by Crippen LogP contribution is 2.59. The van der Waals surface area contributed by atoms with Gasteiger partial charge in [-0.25, -0.2) is 0 Å². The molecule has 0 radical (unpaired) electrons. The van der Waals surface area contributed by atoms with Crippen LogP contribution in [0.3, 0.4) is 0 Å². The molecule has 0 aromatic rings. The molecule has 2 unspecified atom stereocenters. The Morgan fingerprint density at radius 1 is 1.18 bits per heavy atom. The highest BCUT2D eigenvalue weighted by Gasteiger charge is 2.56. The highest BCUT2D eigenvalue weighted by atomic mass is 16.6. The number of rotatable bonds is 1.